The third-order valence-corrected chi connectivity index (χ3v) is 6.53. The van der Waals surface area contributed by atoms with Crippen LogP contribution in [0.2, 0.25) is 0 Å². The van der Waals surface area contributed by atoms with Gasteiger partial charge in [-0.2, -0.15) is 5.26 Å². The third-order valence-electron chi connectivity index (χ3n) is 6.53. The van der Waals surface area contributed by atoms with E-state index in [2.05, 4.69) is 12.1 Å². The molecule has 1 unspecified atom stereocenters. The van der Waals surface area contributed by atoms with Gasteiger partial charge in [0.1, 0.15) is 5.75 Å². The predicted octanol–water partition coefficient (Wildman–Crippen LogP) is 3.29. The molecule has 2 aliphatic heterocycles. The molecular formula is C23H24N4O3. The zero-order chi connectivity index (χ0) is 20.9. The quantitative estimate of drug-likeness (QED) is 0.826. The number of ether oxygens (including phenoxy) is 2. The number of nitrogens with two attached hydrogens (primary N) is 1. The summed E-state index contributed by atoms with van der Waals surface area (Å²) in [5, 5.41) is 10.8. The molecule has 3 aliphatic rings. The van der Waals surface area contributed by atoms with Gasteiger partial charge in [-0.25, -0.2) is 14.9 Å². The van der Waals surface area contributed by atoms with Gasteiger partial charge in [0, 0.05) is 14.2 Å². The molecule has 0 radical (unpaired) electrons. The Hall–Kier alpha value is -3.08. The lowest BCUT2D eigenvalue weighted by Gasteiger charge is -2.43. The molecule has 2 aromatic carbocycles. The fourth-order valence-electron chi connectivity index (χ4n) is 4.88. The van der Waals surface area contributed by atoms with Gasteiger partial charge in [0.2, 0.25) is 5.96 Å². The Kier molecular flexibility index (Phi) is 4.24. The zero-order valence-electron chi connectivity index (χ0n) is 17.1. The first-order chi connectivity index (χ1) is 14.5. The molecule has 5 rings (SSSR count). The Labute approximate surface area is 175 Å². The van der Waals surface area contributed by atoms with Gasteiger partial charge in [0.05, 0.1) is 23.3 Å². The topological polar surface area (TPSA) is 93.1 Å². The van der Waals surface area contributed by atoms with Crippen LogP contribution in [-0.2, 0) is 15.3 Å². The minimum Gasteiger partial charge on any atom is -0.481 e. The molecule has 7 nitrogen and oxygen atoms in total. The van der Waals surface area contributed by atoms with Gasteiger partial charge in [-0.1, -0.05) is 18.2 Å². The first-order valence-electron chi connectivity index (χ1n) is 10.2. The second kappa shape index (κ2) is 6.73. The summed E-state index contributed by atoms with van der Waals surface area (Å²) in [4.78, 5) is 11.2. The fraction of sp³-hybridized carbons (Fsp3) is 0.391. The van der Waals surface area contributed by atoms with Gasteiger partial charge < -0.3 is 15.2 Å². The number of aliphatic imine (C=N–C) groups is 1. The van der Waals surface area contributed by atoms with E-state index in [0.29, 0.717) is 11.5 Å². The van der Waals surface area contributed by atoms with E-state index in [1.165, 1.54) is 5.06 Å². The Morgan fingerprint density at radius 1 is 1.20 bits per heavy atom. The summed E-state index contributed by atoms with van der Waals surface area (Å²) < 4.78 is 12.1. The van der Waals surface area contributed by atoms with Crippen LogP contribution in [0, 0.1) is 11.3 Å². The van der Waals surface area contributed by atoms with Crippen LogP contribution in [-0.4, -0.2) is 36.9 Å². The van der Waals surface area contributed by atoms with E-state index in [1.54, 1.807) is 20.2 Å². The highest BCUT2D eigenvalue weighted by molar-refractivity contribution is 5.79. The van der Waals surface area contributed by atoms with Crippen molar-refractivity contribution in [2.24, 2.45) is 10.7 Å². The monoisotopic (exact) mass is 404 g/mol. The zero-order valence-corrected chi connectivity index (χ0v) is 17.1. The second-order valence-corrected chi connectivity index (χ2v) is 8.14. The van der Waals surface area contributed by atoms with Gasteiger partial charge in [-0.05, 0) is 61.1 Å². The van der Waals surface area contributed by atoms with Crippen molar-refractivity contribution in [2.75, 3.05) is 14.2 Å². The van der Waals surface area contributed by atoms with Gasteiger partial charge in [0.25, 0.3) is 5.72 Å². The molecule has 1 saturated carbocycles. The molecule has 2 spiro atoms. The molecule has 0 amide bonds. The van der Waals surface area contributed by atoms with Crippen molar-refractivity contribution >= 4 is 5.96 Å². The molecule has 2 N–H and O–H groups in total. The summed E-state index contributed by atoms with van der Waals surface area (Å²) in [6.45, 7) is 0. The number of hydrogen-bond acceptors (Lipinski definition) is 7. The molecule has 0 saturated heterocycles. The SMILES string of the molecule is COC1CCC2(CC1)Oc1ccc(-c3cccc(C#N)c3)cc1C21N=C(N)N(C)O1. The number of fused-ring (bicyclic) bond motifs is 3. The summed E-state index contributed by atoms with van der Waals surface area (Å²) in [5.41, 5.74) is 7.92. The van der Waals surface area contributed by atoms with Crippen LogP contribution >= 0.6 is 0 Å². The smallest absolute Gasteiger partial charge is 0.257 e. The molecule has 7 heteroatoms. The molecule has 1 atom stereocenters. The van der Waals surface area contributed by atoms with E-state index in [1.807, 2.05) is 30.3 Å². The molecule has 30 heavy (non-hydrogen) atoms. The maximum atomic E-state index is 9.26. The normalized spacial score (nSPS) is 29.6. The number of hydroxylamine groups is 2. The van der Waals surface area contributed by atoms with E-state index >= 15 is 0 Å². The van der Waals surface area contributed by atoms with Crippen LogP contribution in [0.3, 0.4) is 0 Å². The molecule has 0 bridgehead atoms. The predicted molar refractivity (Wildman–Crippen MR) is 111 cm³/mol. The maximum absolute atomic E-state index is 9.26. The maximum Gasteiger partial charge on any atom is 0.257 e. The summed E-state index contributed by atoms with van der Waals surface area (Å²) in [5.74, 6) is 1.09. The minimum atomic E-state index is -1.03. The summed E-state index contributed by atoms with van der Waals surface area (Å²) >= 11 is 0. The molecule has 0 aromatic heterocycles. The highest BCUT2D eigenvalue weighted by Crippen LogP contribution is 2.59. The van der Waals surface area contributed by atoms with E-state index in [-0.39, 0.29) is 6.10 Å². The fourth-order valence-corrected chi connectivity index (χ4v) is 4.88. The van der Waals surface area contributed by atoms with Crippen LogP contribution in [0.4, 0.5) is 0 Å². The molecule has 2 heterocycles. The van der Waals surface area contributed by atoms with E-state index in [9.17, 15) is 5.26 Å². The lowest BCUT2D eigenvalue weighted by atomic mass is 9.74. The van der Waals surface area contributed by atoms with Crippen molar-refractivity contribution in [1.29, 1.82) is 5.26 Å². The van der Waals surface area contributed by atoms with Crippen molar-refractivity contribution in [2.45, 2.75) is 43.1 Å². The first kappa shape index (κ1) is 18.9. The van der Waals surface area contributed by atoms with Crippen molar-refractivity contribution in [3.63, 3.8) is 0 Å². The number of benzene rings is 2. The van der Waals surface area contributed by atoms with Crippen LogP contribution < -0.4 is 10.5 Å². The van der Waals surface area contributed by atoms with Crippen molar-refractivity contribution in [1.82, 2.24) is 5.06 Å². The second-order valence-electron chi connectivity index (χ2n) is 8.14. The van der Waals surface area contributed by atoms with Gasteiger partial charge >= 0.3 is 0 Å². The largest absolute Gasteiger partial charge is 0.481 e. The van der Waals surface area contributed by atoms with Crippen LogP contribution in [0.5, 0.6) is 5.75 Å². The third kappa shape index (κ3) is 2.61. The van der Waals surface area contributed by atoms with Gasteiger partial charge in [-0.3, -0.25) is 0 Å². The number of nitrogens with zero attached hydrogens (tertiary/aromatic N) is 3. The number of hydrogen-bond donors (Lipinski definition) is 1. The Balaban J connectivity index is 1.62. The Bertz CT molecular complexity index is 1070. The van der Waals surface area contributed by atoms with Crippen molar-refractivity contribution in [3.8, 4) is 22.9 Å². The minimum absolute atomic E-state index is 0.213. The van der Waals surface area contributed by atoms with Crippen molar-refractivity contribution < 1.29 is 14.3 Å². The summed E-state index contributed by atoms with van der Waals surface area (Å²) in [6.07, 6.45) is 3.45. The molecule has 1 fully saturated rings. The van der Waals surface area contributed by atoms with E-state index in [4.69, 9.17) is 25.0 Å². The molecule has 1 aliphatic carbocycles. The van der Waals surface area contributed by atoms with E-state index in [0.717, 1.165) is 48.1 Å². The summed E-state index contributed by atoms with van der Waals surface area (Å²) in [6, 6.07) is 15.8. The summed E-state index contributed by atoms with van der Waals surface area (Å²) in [7, 11) is 3.51. The lowest BCUT2D eigenvalue weighted by Crippen LogP contribution is -2.54. The van der Waals surface area contributed by atoms with Crippen LogP contribution in [0.1, 0.15) is 36.8 Å². The number of guanidine groups is 1. The number of rotatable bonds is 2. The Morgan fingerprint density at radius 3 is 2.63 bits per heavy atom. The molecule has 154 valence electrons. The lowest BCUT2D eigenvalue weighted by molar-refractivity contribution is -0.242. The highest BCUT2D eigenvalue weighted by atomic mass is 16.7. The van der Waals surface area contributed by atoms with Gasteiger partial charge in [-0.15, -0.1) is 0 Å². The van der Waals surface area contributed by atoms with Crippen LogP contribution in [0.15, 0.2) is 47.5 Å². The molecular weight excluding hydrogens is 380 g/mol. The number of methoxy groups -OCH3 is 1. The average Bonchev–Trinajstić information content (AvgIpc) is 3.22. The van der Waals surface area contributed by atoms with Gasteiger partial charge in [0.15, 0.2) is 5.60 Å². The van der Waals surface area contributed by atoms with Crippen LogP contribution in [0.25, 0.3) is 11.1 Å². The highest BCUT2D eigenvalue weighted by Gasteiger charge is 2.66. The number of nitriles is 1. The Morgan fingerprint density at radius 2 is 1.97 bits per heavy atom. The van der Waals surface area contributed by atoms with Crippen molar-refractivity contribution in [3.05, 3.63) is 53.6 Å². The first-order valence-corrected chi connectivity index (χ1v) is 10.2. The van der Waals surface area contributed by atoms with E-state index < -0.39 is 11.3 Å². The average molecular weight is 404 g/mol. The molecule has 2 aromatic rings. The standard InChI is InChI=1S/C23H24N4O3/c1-27-21(25)26-23(30-27)19-13-17(16-5-3-4-15(12-16)14-24)6-7-20(19)29-22(23)10-8-18(28-2)9-11-22/h3-7,12-13,18H,8-11H2,1-2H3,(H2,25,26).